The molecule has 0 atom stereocenters. The molecule has 0 bridgehead atoms. The largest absolute Gasteiger partial charge is 0.328 e. The third-order valence-electron chi connectivity index (χ3n) is 4.15. The number of carbonyl (C=O) groups excluding carboxylic acids is 1. The average Bonchev–Trinajstić information content (AvgIpc) is 2.57. The molecule has 0 unspecified atom stereocenters. The van der Waals surface area contributed by atoms with Crippen molar-refractivity contribution in [1.29, 1.82) is 0 Å². The van der Waals surface area contributed by atoms with Crippen molar-refractivity contribution in [3.05, 3.63) is 70.7 Å². The third kappa shape index (κ3) is 3.67. The third-order valence-corrected chi connectivity index (χ3v) is 4.40. The fourth-order valence-electron chi connectivity index (χ4n) is 2.86. The standard InChI is InChI=1S/C18H19ClN2O/c19-17-8-6-16(7-9-17)18(22)21-12-10-20(11-13-21)14-15-4-2-1-3-5-15/h1-9H,10-14H2/p+1. The first kappa shape index (κ1) is 15.1. The van der Waals surface area contributed by atoms with Crippen LogP contribution in [0.2, 0.25) is 5.02 Å². The van der Waals surface area contributed by atoms with Crippen molar-refractivity contribution < 1.29 is 9.69 Å². The van der Waals surface area contributed by atoms with Crippen LogP contribution in [0.5, 0.6) is 0 Å². The lowest BCUT2D eigenvalue weighted by Gasteiger charge is -2.32. The lowest BCUT2D eigenvalue weighted by Crippen LogP contribution is -3.13. The molecule has 3 rings (SSSR count). The summed E-state index contributed by atoms with van der Waals surface area (Å²) in [5, 5.41) is 0.661. The maximum atomic E-state index is 12.4. The van der Waals surface area contributed by atoms with Crippen LogP contribution in [0.25, 0.3) is 0 Å². The van der Waals surface area contributed by atoms with E-state index in [1.807, 2.05) is 11.0 Å². The topological polar surface area (TPSA) is 24.8 Å². The van der Waals surface area contributed by atoms with E-state index in [4.69, 9.17) is 11.6 Å². The Balaban J connectivity index is 1.55. The number of benzene rings is 2. The van der Waals surface area contributed by atoms with Gasteiger partial charge >= 0.3 is 0 Å². The molecule has 4 heteroatoms. The van der Waals surface area contributed by atoms with Crippen molar-refractivity contribution in [2.24, 2.45) is 0 Å². The number of halogens is 1. The highest BCUT2D eigenvalue weighted by Crippen LogP contribution is 2.11. The van der Waals surface area contributed by atoms with E-state index >= 15 is 0 Å². The van der Waals surface area contributed by atoms with Gasteiger partial charge < -0.3 is 9.80 Å². The molecule has 0 aliphatic carbocycles. The number of hydrogen-bond donors (Lipinski definition) is 1. The molecule has 1 heterocycles. The Bertz CT molecular complexity index is 619. The number of piperazine rings is 1. The van der Waals surface area contributed by atoms with E-state index in [9.17, 15) is 4.79 Å². The average molecular weight is 316 g/mol. The predicted octanol–water partition coefficient (Wildman–Crippen LogP) is 1.88. The zero-order valence-corrected chi connectivity index (χ0v) is 13.2. The smallest absolute Gasteiger partial charge is 0.254 e. The molecule has 1 aliphatic rings. The minimum absolute atomic E-state index is 0.107. The van der Waals surface area contributed by atoms with Gasteiger partial charge in [0.15, 0.2) is 0 Å². The molecule has 22 heavy (non-hydrogen) atoms. The molecule has 2 aromatic carbocycles. The van der Waals surface area contributed by atoms with Gasteiger partial charge in [-0.2, -0.15) is 0 Å². The molecule has 1 saturated heterocycles. The molecular formula is C18H20ClN2O+. The summed E-state index contributed by atoms with van der Waals surface area (Å²) in [5.74, 6) is 0.107. The lowest BCUT2D eigenvalue weighted by molar-refractivity contribution is -0.917. The van der Waals surface area contributed by atoms with E-state index in [-0.39, 0.29) is 5.91 Å². The van der Waals surface area contributed by atoms with E-state index in [2.05, 4.69) is 24.3 Å². The highest BCUT2D eigenvalue weighted by atomic mass is 35.5. The van der Waals surface area contributed by atoms with E-state index in [1.54, 1.807) is 24.3 Å². The molecular weight excluding hydrogens is 296 g/mol. The molecule has 1 amide bonds. The Hall–Kier alpha value is -1.84. The number of hydrogen-bond acceptors (Lipinski definition) is 1. The molecule has 2 aromatic rings. The highest BCUT2D eigenvalue weighted by Gasteiger charge is 2.24. The fraction of sp³-hybridized carbons (Fsp3) is 0.278. The molecule has 1 aliphatic heterocycles. The van der Waals surface area contributed by atoms with Crippen LogP contribution in [-0.4, -0.2) is 37.0 Å². The summed E-state index contributed by atoms with van der Waals surface area (Å²) in [6.45, 7) is 4.64. The monoisotopic (exact) mass is 315 g/mol. The van der Waals surface area contributed by atoms with Crippen molar-refractivity contribution in [2.45, 2.75) is 6.54 Å². The normalized spacial score (nSPS) is 15.8. The molecule has 0 spiro atoms. The summed E-state index contributed by atoms with van der Waals surface area (Å²) in [7, 11) is 0. The van der Waals surface area contributed by atoms with Crippen molar-refractivity contribution in [2.75, 3.05) is 26.2 Å². The second-order valence-electron chi connectivity index (χ2n) is 5.71. The molecule has 0 saturated carbocycles. The zero-order valence-electron chi connectivity index (χ0n) is 12.5. The molecule has 3 nitrogen and oxygen atoms in total. The van der Waals surface area contributed by atoms with Gasteiger partial charge in [-0.15, -0.1) is 0 Å². The SMILES string of the molecule is O=C(c1ccc(Cl)cc1)N1CC[NH+](Cc2ccccc2)CC1. The van der Waals surface area contributed by atoms with Crippen molar-refractivity contribution in [3.8, 4) is 0 Å². The Morgan fingerprint density at radius 3 is 2.27 bits per heavy atom. The molecule has 0 radical (unpaired) electrons. The Morgan fingerprint density at radius 1 is 1.00 bits per heavy atom. The first-order valence-electron chi connectivity index (χ1n) is 7.65. The minimum atomic E-state index is 0.107. The summed E-state index contributed by atoms with van der Waals surface area (Å²) in [6.07, 6.45) is 0. The van der Waals surface area contributed by atoms with Crippen molar-refractivity contribution in [1.82, 2.24) is 4.90 Å². The van der Waals surface area contributed by atoms with Gasteiger partial charge in [-0.3, -0.25) is 4.79 Å². The molecule has 0 aromatic heterocycles. The van der Waals surface area contributed by atoms with Crippen LogP contribution in [0.3, 0.4) is 0 Å². The van der Waals surface area contributed by atoms with E-state index < -0.39 is 0 Å². The van der Waals surface area contributed by atoms with E-state index in [0.29, 0.717) is 5.02 Å². The van der Waals surface area contributed by atoms with E-state index in [0.717, 1.165) is 38.3 Å². The van der Waals surface area contributed by atoms with E-state index in [1.165, 1.54) is 10.5 Å². The minimum Gasteiger partial charge on any atom is -0.328 e. The van der Waals surface area contributed by atoms with Gasteiger partial charge in [0.25, 0.3) is 5.91 Å². The van der Waals surface area contributed by atoms with Gasteiger partial charge in [0.05, 0.1) is 26.2 Å². The van der Waals surface area contributed by atoms with Crippen LogP contribution in [0.1, 0.15) is 15.9 Å². The highest BCUT2D eigenvalue weighted by molar-refractivity contribution is 6.30. The number of carbonyl (C=O) groups is 1. The number of amides is 1. The molecule has 1 N–H and O–H groups in total. The second kappa shape index (κ2) is 6.95. The van der Waals surface area contributed by atoms with Gasteiger partial charge in [-0.25, -0.2) is 0 Å². The van der Waals surface area contributed by atoms with Crippen LogP contribution in [-0.2, 0) is 6.54 Å². The number of quaternary nitrogens is 1. The van der Waals surface area contributed by atoms with Gasteiger partial charge in [0, 0.05) is 16.1 Å². The Kier molecular flexibility index (Phi) is 4.76. The Labute approximate surface area is 136 Å². The summed E-state index contributed by atoms with van der Waals surface area (Å²) < 4.78 is 0. The zero-order chi connectivity index (χ0) is 15.4. The predicted molar refractivity (Wildman–Crippen MR) is 88.2 cm³/mol. The van der Waals surface area contributed by atoms with Crippen molar-refractivity contribution >= 4 is 17.5 Å². The van der Waals surface area contributed by atoms with Crippen LogP contribution >= 0.6 is 11.6 Å². The van der Waals surface area contributed by atoms with Gasteiger partial charge in [0.1, 0.15) is 6.54 Å². The summed E-state index contributed by atoms with van der Waals surface area (Å²) in [4.78, 5) is 15.9. The first-order valence-corrected chi connectivity index (χ1v) is 8.02. The van der Waals surface area contributed by atoms with Crippen LogP contribution in [0.4, 0.5) is 0 Å². The summed E-state index contributed by atoms with van der Waals surface area (Å²) >= 11 is 5.87. The number of nitrogens with one attached hydrogen (secondary N) is 1. The maximum Gasteiger partial charge on any atom is 0.254 e. The summed E-state index contributed by atoms with van der Waals surface area (Å²) in [5.41, 5.74) is 2.07. The fourth-order valence-corrected chi connectivity index (χ4v) is 2.99. The van der Waals surface area contributed by atoms with Gasteiger partial charge in [-0.05, 0) is 24.3 Å². The quantitative estimate of drug-likeness (QED) is 0.919. The van der Waals surface area contributed by atoms with Gasteiger partial charge in [-0.1, -0.05) is 41.9 Å². The second-order valence-corrected chi connectivity index (χ2v) is 6.15. The van der Waals surface area contributed by atoms with Crippen LogP contribution in [0, 0.1) is 0 Å². The van der Waals surface area contributed by atoms with Gasteiger partial charge in [0.2, 0.25) is 0 Å². The lowest BCUT2D eigenvalue weighted by atomic mass is 10.1. The molecule has 1 fully saturated rings. The first-order chi connectivity index (χ1) is 10.7. The Morgan fingerprint density at radius 2 is 1.64 bits per heavy atom. The summed E-state index contributed by atoms with van der Waals surface area (Å²) in [6, 6.07) is 17.7. The number of rotatable bonds is 3. The van der Waals surface area contributed by atoms with Crippen LogP contribution in [0.15, 0.2) is 54.6 Å². The maximum absolute atomic E-state index is 12.4. The number of nitrogens with zero attached hydrogens (tertiary/aromatic N) is 1. The van der Waals surface area contributed by atoms with Crippen LogP contribution < -0.4 is 4.90 Å². The molecule has 114 valence electrons. The van der Waals surface area contributed by atoms with Crippen molar-refractivity contribution in [3.63, 3.8) is 0 Å².